The second-order valence-electron chi connectivity index (χ2n) is 4.01. The molecule has 1 aromatic rings. The zero-order valence-corrected chi connectivity index (χ0v) is 11.7. The molecule has 1 aliphatic heterocycles. The second-order valence-corrected chi connectivity index (χ2v) is 5.98. The van der Waals surface area contributed by atoms with Crippen LogP contribution in [0.15, 0.2) is 24.3 Å². The number of thiocarbonyl (C=S) groups is 1. The Morgan fingerprint density at radius 1 is 1.58 bits per heavy atom. The Hall–Kier alpha value is -1.47. The standard InChI is InChI=1S/C12H11FN2O2S2/c1-7-11(17)15(12(18)19-7)6-10(16)14-9-4-2-3-8(13)5-9/h2-5,7H,6H2,1H3,(H,14,16). The fraction of sp³-hybridized carbons (Fsp3) is 0.250. The molecule has 1 aliphatic rings. The van der Waals surface area contributed by atoms with Gasteiger partial charge < -0.3 is 5.32 Å². The van der Waals surface area contributed by atoms with Gasteiger partial charge in [-0.3, -0.25) is 14.5 Å². The van der Waals surface area contributed by atoms with Crippen LogP contribution in [-0.2, 0) is 9.59 Å². The van der Waals surface area contributed by atoms with Crippen molar-refractivity contribution in [2.75, 3.05) is 11.9 Å². The minimum absolute atomic E-state index is 0.147. The summed E-state index contributed by atoms with van der Waals surface area (Å²) in [7, 11) is 0. The topological polar surface area (TPSA) is 49.4 Å². The van der Waals surface area contributed by atoms with E-state index in [1.54, 1.807) is 13.0 Å². The zero-order valence-electron chi connectivity index (χ0n) is 10.1. The summed E-state index contributed by atoms with van der Waals surface area (Å²) < 4.78 is 13.4. The Morgan fingerprint density at radius 2 is 2.32 bits per heavy atom. The normalized spacial score (nSPS) is 18.8. The lowest BCUT2D eigenvalue weighted by molar-refractivity contribution is -0.129. The monoisotopic (exact) mass is 298 g/mol. The van der Waals surface area contributed by atoms with Gasteiger partial charge in [-0.1, -0.05) is 30.0 Å². The Morgan fingerprint density at radius 3 is 2.89 bits per heavy atom. The zero-order chi connectivity index (χ0) is 14.0. The Balaban J connectivity index is 1.98. The van der Waals surface area contributed by atoms with Crippen LogP contribution >= 0.6 is 24.0 Å². The van der Waals surface area contributed by atoms with Crippen molar-refractivity contribution in [2.24, 2.45) is 0 Å². The number of carbonyl (C=O) groups excluding carboxylic acids is 2. The fourth-order valence-electron chi connectivity index (χ4n) is 1.63. The average molecular weight is 298 g/mol. The number of nitrogens with one attached hydrogen (secondary N) is 1. The van der Waals surface area contributed by atoms with Gasteiger partial charge in [-0.15, -0.1) is 0 Å². The van der Waals surface area contributed by atoms with Crippen LogP contribution in [0.4, 0.5) is 10.1 Å². The second kappa shape index (κ2) is 5.66. The number of halogens is 1. The molecule has 2 rings (SSSR count). The molecule has 0 saturated carbocycles. The van der Waals surface area contributed by atoms with Crippen molar-refractivity contribution in [1.82, 2.24) is 4.90 Å². The molecule has 19 heavy (non-hydrogen) atoms. The third-order valence-corrected chi connectivity index (χ3v) is 4.01. The molecule has 0 bridgehead atoms. The van der Waals surface area contributed by atoms with Crippen LogP contribution in [0, 0.1) is 5.82 Å². The summed E-state index contributed by atoms with van der Waals surface area (Å²) in [6.45, 7) is 1.59. The molecule has 0 aromatic heterocycles. The number of hydrogen-bond acceptors (Lipinski definition) is 4. The SMILES string of the molecule is CC1SC(=S)N(CC(=O)Nc2cccc(F)c2)C1=O. The van der Waals surface area contributed by atoms with E-state index in [1.807, 2.05) is 0 Å². The number of anilines is 1. The summed E-state index contributed by atoms with van der Waals surface area (Å²) in [4.78, 5) is 24.8. The molecule has 4 nitrogen and oxygen atoms in total. The predicted octanol–water partition coefficient (Wildman–Crippen LogP) is 2.01. The highest BCUT2D eigenvalue weighted by Crippen LogP contribution is 2.26. The number of nitrogens with zero attached hydrogens (tertiary/aromatic N) is 1. The van der Waals surface area contributed by atoms with E-state index in [-0.39, 0.29) is 17.7 Å². The van der Waals surface area contributed by atoms with Gasteiger partial charge in [-0.2, -0.15) is 0 Å². The highest BCUT2D eigenvalue weighted by atomic mass is 32.2. The number of rotatable bonds is 3. The van der Waals surface area contributed by atoms with E-state index in [9.17, 15) is 14.0 Å². The molecular weight excluding hydrogens is 287 g/mol. The van der Waals surface area contributed by atoms with Crippen molar-refractivity contribution in [1.29, 1.82) is 0 Å². The lowest BCUT2D eigenvalue weighted by Crippen LogP contribution is -2.37. The van der Waals surface area contributed by atoms with Crippen LogP contribution < -0.4 is 5.32 Å². The lowest BCUT2D eigenvalue weighted by atomic mass is 10.3. The molecule has 1 unspecified atom stereocenters. The number of carbonyl (C=O) groups is 2. The summed E-state index contributed by atoms with van der Waals surface area (Å²) in [5.41, 5.74) is 0.350. The molecule has 1 N–H and O–H groups in total. The van der Waals surface area contributed by atoms with Crippen LogP contribution in [0.5, 0.6) is 0 Å². The molecule has 1 aromatic carbocycles. The molecule has 0 spiro atoms. The van der Waals surface area contributed by atoms with Gasteiger partial charge in [0.1, 0.15) is 16.7 Å². The predicted molar refractivity (Wildman–Crippen MR) is 76.4 cm³/mol. The van der Waals surface area contributed by atoms with Gasteiger partial charge in [-0.25, -0.2) is 4.39 Å². The fourth-order valence-corrected chi connectivity index (χ4v) is 3.03. The first-order valence-electron chi connectivity index (χ1n) is 5.55. The van der Waals surface area contributed by atoms with E-state index in [2.05, 4.69) is 5.32 Å². The van der Waals surface area contributed by atoms with Crippen LogP contribution in [0.3, 0.4) is 0 Å². The van der Waals surface area contributed by atoms with E-state index >= 15 is 0 Å². The number of thioether (sulfide) groups is 1. The summed E-state index contributed by atoms with van der Waals surface area (Å²) >= 11 is 6.28. The molecule has 1 atom stereocenters. The van der Waals surface area contributed by atoms with Crippen molar-refractivity contribution in [2.45, 2.75) is 12.2 Å². The molecule has 1 fully saturated rings. The van der Waals surface area contributed by atoms with Crippen LogP contribution in [0.1, 0.15) is 6.92 Å². The van der Waals surface area contributed by atoms with Crippen LogP contribution in [-0.4, -0.2) is 32.8 Å². The smallest absolute Gasteiger partial charge is 0.244 e. The summed E-state index contributed by atoms with van der Waals surface area (Å²) in [6.07, 6.45) is 0. The van der Waals surface area contributed by atoms with E-state index in [0.29, 0.717) is 10.0 Å². The lowest BCUT2D eigenvalue weighted by Gasteiger charge is -2.14. The summed E-state index contributed by atoms with van der Waals surface area (Å²) in [5.74, 6) is -1.02. The van der Waals surface area contributed by atoms with Gasteiger partial charge in [-0.05, 0) is 25.1 Å². The Labute approximate surface area is 119 Å². The number of benzene rings is 1. The molecule has 1 saturated heterocycles. The first kappa shape index (κ1) is 14.0. The van der Waals surface area contributed by atoms with Crippen molar-refractivity contribution in [3.63, 3.8) is 0 Å². The van der Waals surface area contributed by atoms with Crippen molar-refractivity contribution >= 4 is 45.8 Å². The maximum Gasteiger partial charge on any atom is 0.244 e. The minimum Gasteiger partial charge on any atom is -0.324 e. The first-order chi connectivity index (χ1) is 8.97. The quantitative estimate of drug-likeness (QED) is 0.867. The van der Waals surface area contributed by atoms with Gasteiger partial charge in [0.15, 0.2) is 0 Å². The van der Waals surface area contributed by atoms with Gasteiger partial charge in [0.05, 0.1) is 5.25 Å². The molecule has 100 valence electrons. The van der Waals surface area contributed by atoms with E-state index < -0.39 is 11.7 Å². The van der Waals surface area contributed by atoms with Crippen molar-refractivity contribution in [3.8, 4) is 0 Å². The third-order valence-electron chi connectivity index (χ3n) is 2.52. The first-order valence-corrected chi connectivity index (χ1v) is 6.83. The molecular formula is C12H11FN2O2S2. The highest BCUT2D eigenvalue weighted by molar-refractivity contribution is 8.24. The maximum absolute atomic E-state index is 13.0. The Bertz CT molecular complexity index is 550. The van der Waals surface area contributed by atoms with Gasteiger partial charge >= 0.3 is 0 Å². The maximum atomic E-state index is 13.0. The number of amides is 2. The van der Waals surface area contributed by atoms with Crippen molar-refractivity contribution < 1.29 is 14.0 Å². The van der Waals surface area contributed by atoms with Crippen LogP contribution in [0.2, 0.25) is 0 Å². The molecule has 7 heteroatoms. The minimum atomic E-state index is -0.435. The Kier molecular flexibility index (Phi) is 4.16. The molecule has 1 heterocycles. The summed E-state index contributed by atoms with van der Waals surface area (Å²) in [5, 5.41) is 2.27. The summed E-state index contributed by atoms with van der Waals surface area (Å²) in [6, 6.07) is 5.56. The van der Waals surface area contributed by atoms with E-state index in [0.717, 1.165) is 0 Å². The average Bonchev–Trinajstić information content (AvgIpc) is 2.56. The van der Waals surface area contributed by atoms with Crippen LogP contribution in [0.25, 0.3) is 0 Å². The van der Waals surface area contributed by atoms with Gasteiger partial charge in [0.25, 0.3) is 0 Å². The molecule has 2 amide bonds. The van der Waals surface area contributed by atoms with Gasteiger partial charge in [0, 0.05) is 5.69 Å². The highest BCUT2D eigenvalue weighted by Gasteiger charge is 2.34. The third kappa shape index (κ3) is 3.30. The largest absolute Gasteiger partial charge is 0.324 e. The molecule has 0 aliphatic carbocycles. The number of hydrogen-bond donors (Lipinski definition) is 1. The van der Waals surface area contributed by atoms with Gasteiger partial charge in [0.2, 0.25) is 11.8 Å². The van der Waals surface area contributed by atoms with E-state index in [4.69, 9.17) is 12.2 Å². The van der Waals surface area contributed by atoms with Crippen molar-refractivity contribution in [3.05, 3.63) is 30.1 Å². The molecule has 0 radical (unpaired) electrons. The van der Waals surface area contributed by atoms with E-state index in [1.165, 1.54) is 34.9 Å².